The molecule has 1 saturated heterocycles. The predicted octanol–water partition coefficient (Wildman–Crippen LogP) is 5.92. The molecular formula is C28H39N6O3P. The summed E-state index contributed by atoms with van der Waals surface area (Å²) >= 11 is 0. The van der Waals surface area contributed by atoms with Gasteiger partial charge in [-0.2, -0.15) is 5.10 Å². The van der Waals surface area contributed by atoms with Crippen LogP contribution in [0, 0.1) is 24.0 Å². The molecule has 38 heavy (non-hydrogen) atoms. The van der Waals surface area contributed by atoms with Crippen LogP contribution in [0.2, 0.25) is 0 Å². The summed E-state index contributed by atoms with van der Waals surface area (Å²) in [5, 5.41) is 17.6. The first kappa shape index (κ1) is 28.0. The van der Waals surface area contributed by atoms with Gasteiger partial charge in [-0.15, -0.1) is 0 Å². The summed E-state index contributed by atoms with van der Waals surface area (Å²) in [7, 11) is -1.00. The van der Waals surface area contributed by atoms with Crippen molar-refractivity contribution in [2.75, 3.05) is 39.8 Å². The maximum atomic E-state index is 11.7. The van der Waals surface area contributed by atoms with Crippen LogP contribution < -0.4 is 10.0 Å². The number of hydrogen-bond donors (Lipinski definition) is 0. The van der Waals surface area contributed by atoms with E-state index in [-0.39, 0.29) is 15.8 Å². The minimum atomic E-state index is -2.59. The molecule has 0 radical (unpaired) electrons. The molecule has 1 unspecified atom stereocenters. The highest BCUT2D eigenvalue weighted by atomic mass is 31.2. The number of rotatable bonds is 7. The first-order valence-electron chi connectivity index (χ1n) is 13.1. The number of piperazine rings is 1. The molecule has 0 saturated carbocycles. The molecule has 1 aliphatic rings. The van der Waals surface area contributed by atoms with E-state index in [0.29, 0.717) is 11.4 Å². The molecule has 4 rings (SSSR count). The van der Waals surface area contributed by atoms with Crippen LogP contribution in [0.4, 0.5) is 11.4 Å². The van der Waals surface area contributed by atoms with Crippen LogP contribution in [-0.4, -0.2) is 69.3 Å². The minimum Gasteiger partial charge on any atom is -0.494 e. The van der Waals surface area contributed by atoms with Crippen molar-refractivity contribution in [3.05, 3.63) is 70.0 Å². The topological polar surface area (TPSA) is 89.0 Å². The lowest BCUT2D eigenvalue weighted by molar-refractivity contribution is -0.384. The second kappa shape index (κ2) is 11.0. The number of para-hydroxylation sites is 1. The number of nitrogens with zero attached hydrogens (tertiary/aromatic N) is 6. The van der Waals surface area contributed by atoms with Crippen LogP contribution in [0.15, 0.2) is 53.3 Å². The first-order chi connectivity index (χ1) is 18.0. The van der Waals surface area contributed by atoms with E-state index in [2.05, 4.69) is 63.2 Å². The van der Waals surface area contributed by atoms with Crippen molar-refractivity contribution in [1.82, 2.24) is 19.4 Å². The van der Waals surface area contributed by atoms with E-state index in [9.17, 15) is 10.1 Å². The molecule has 0 N–H and O–H groups in total. The van der Waals surface area contributed by atoms with Crippen LogP contribution >= 0.6 is 7.21 Å². The molecule has 0 spiro atoms. The predicted molar refractivity (Wildman–Crippen MR) is 155 cm³/mol. The lowest BCUT2D eigenvalue weighted by atomic mass is 10.2. The maximum absolute atomic E-state index is 11.7. The van der Waals surface area contributed by atoms with Gasteiger partial charge in [-0.1, -0.05) is 45.9 Å². The summed E-state index contributed by atoms with van der Waals surface area (Å²) in [4.78, 5) is 13.8. The van der Waals surface area contributed by atoms with Gasteiger partial charge >= 0.3 is 0 Å². The zero-order valence-electron chi connectivity index (χ0n) is 23.5. The monoisotopic (exact) mass is 538 g/mol. The van der Waals surface area contributed by atoms with Crippen molar-refractivity contribution in [3.8, 4) is 11.4 Å². The summed E-state index contributed by atoms with van der Waals surface area (Å²) in [5.41, 5.74) is 3.48. The number of non-ortho nitro benzene ring substituents is 1. The maximum Gasteiger partial charge on any atom is 0.271 e. The summed E-state index contributed by atoms with van der Waals surface area (Å²) in [6.07, 6.45) is 0. The Morgan fingerprint density at radius 1 is 1.08 bits per heavy atom. The molecule has 1 aliphatic heterocycles. The van der Waals surface area contributed by atoms with Crippen LogP contribution in [0.1, 0.15) is 39.1 Å². The first-order valence-corrected chi connectivity index (χ1v) is 14.8. The number of benzene rings is 2. The summed E-state index contributed by atoms with van der Waals surface area (Å²) in [6.45, 7) is 17.7. The third-order valence-corrected chi connectivity index (χ3v) is 12.2. The van der Waals surface area contributed by atoms with Gasteiger partial charge in [0.1, 0.15) is 11.4 Å². The smallest absolute Gasteiger partial charge is 0.271 e. The Labute approximate surface area is 225 Å². The zero-order chi connectivity index (χ0) is 27.7. The van der Waals surface area contributed by atoms with E-state index < -0.39 is 7.21 Å². The Morgan fingerprint density at radius 2 is 1.74 bits per heavy atom. The highest BCUT2D eigenvalue weighted by molar-refractivity contribution is 7.73. The number of ether oxygens (including phenoxy) is 1. The van der Waals surface area contributed by atoms with E-state index in [0.717, 1.165) is 55.1 Å². The molecule has 2 heterocycles. The Hall–Kier alpha value is -3.00. The quantitative estimate of drug-likeness (QED) is 0.211. The number of aromatic nitrogens is 2. The average Bonchev–Trinajstić information content (AvgIpc) is 3.20. The van der Waals surface area contributed by atoms with Gasteiger partial charge in [-0.05, 0) is 38.6 Å². The fourth-order valence-corrected chi connectivity index (χ4v) is 10.0. The normalized spacial score (nSPS) is 16.7. The lowest BCUT2D eigenvalue weighted by Crippen LogP contribution is -2.49. The van der Waals surface area contributed by atoms with Gasteiger partial charge in [0, 0.05) is 43.5 Å². The Kier molecular flexibility index (Phi) is 8.12. The second-order valence-electron chi connectivity index (χ2n) is 10.6. The highest BCUT2D eigenvalue weighted by Gasteiger charge is 2.45. The number of nitro benzene ring substituents is 1. The molecule has 9 nitrogen and oxygen atoms in total. The minimum absolute atomic E-state index is 0.000728. The van der Waals surface area contributed by atoms with Gasteiger partial charge in [0.2, 0.25) is 0 Å². The van der Waals surface area contributed by atoms with Crippen molar-refractivity contribution in [2.45, 2.75) is 46.7 Å². The zero-order valence-corrected chi connectivity index (χ0v) is 24.4. The second-order valence-corrected chi connectivity index (χ2v) is 14.4. The Balaban J connectivity index is 2.08. The van der Waals surface area contributed by atoms with Crippen molar-refractivity contribution in [3.63, 3.8) is 0 Å². The third-order valence-electron chi connectivity index (χ3n) is 7.33. The molecule has 0 amide bonds. The largest absolute Gasteiger partial charge is 0.494 e. The van der Waals surface area contributed by atoms with Crippen LogP contribution in [0.5, 0.6) is 5.75 Å². The standard InChI is InChI=1S/C28H39N6O3P/c1-8-31-16-18-32(19-17-31)38(28(4,5)6,30-25-20-24(34(35)36)14-15-26(25)37-7)27-21(2)29-33(22(27)3)23-12-10-9-11-13-23/h9-15,20H,8,16-19H2,1-7H3. The van der Waals surface area contributed by atoms with Crippen LogP contribution in [0.25, 0.3) is 5.69 Å². The molecule has 2 aromatic carbocycles. The van der Waals surface area contributed by atoms with Gasteiger partial charge in [0.15, 0.2) is 0 Å². The number of methoxy groups -OCH3 is 1. The molecule has 1 atom stereocenters. The number of nitro groups is 1. The molecular weight excluding hydrogens is 499 g/mol. The number of hydrogen-bond acceptors (Lipinski definition) is 6. The molecule has 3 aromatic rings. The van der Waals surface area contributed by atoms with Crippen molar-refractivity contribution in [1.29, 1.82) is 0 Å². The lowest BCUT2D eigenvalue weighted by Gasteiger charge is -2.48. The van der Waals surface area contributed by atoms with Crippen molar-refractivity contribution in [2.24, 2.45) is 4.74 Å². The number of likely N-dealkylation sites (N-methyl/N-ethyl adjacent to an activating group) is 1. The summed E-state index contributed by atoms with van der Waals surface area (Å²) in [5.74, 6) is 0.530. The van der Waals surface area contributed by atoms with Crippen LogP contribution in [-0.2, 0) is 0 Å². The SMILES string of the molecule is CCN1CCN(P(=Nc2cc([N+](=O)[O-])ccc2OC)(c2c(C)nn(-c3ccccc3)c2C)C(C)(C)C)CC1. The van der Waals surface area contributed by atoms with Gasteiger partial charge in [-0.3, -0.25) is 14.8 Å². The van der Waals surface area contributed by atoms with E-state index in [1.165, 1.54) is 6.07 Å². The molecule has 1 aromatic heterocycles. The summed E-state index contributed by atoms with van der Waals surface area (Å²) < 4.78 is 15.8. The van der Waals surface area contributed by atoms with E-state index >= 15 is 0 Å². The Morgan fingerprint density at radius 3 is 2.29 bits per heavy atom. The average molecular weight is 539 g/mol. The fourth-order valence-electron chi connectivity index (χ4n) is 5.44. The van der Waals surface area contributed by atoms with Gasteiger partial charge in [0.05, 0.1) is 41.6 Å². The number of aryl methyl sites for hydroxylation is 1. The summed E-state index contributed by atoms with van der Waals surface area (Å²) in [6, 6.07) is 14.8. The Bertz CT molecular complexity index is 1350. The van der Waals surface area contributed by atoms with Crippen LogP contribution in [0.3, 0.4) is 0 Å². The van der Waals surface area contributed by atoms with Gasteiger partial charge in [0.25, 0.3) is 5.69 Å². The highest BCUT2D eigenvalue weighted by Crippen LogP contribution is 2.66. The van der Waals surface area contributed by atoms with E-state index in [1.807, 2.05) is 22.9 Å². The molecule has 1 fully saturated rings. The molecule has 10 heteroatoms. The van der Waals surface area contributed by atoms with Crippen molar-refractivity contribution < 1.29 is 9.66 Å². The van der Waals surface area contributed by atoms with E-state index in [1.54, 1.807) is 19.2 Å². The molecule has 0 aliphatic carbocycles. The van der Waals surface area contributed by atoms with Crippen molar-refractivity contribution >= 4 is 23.9 Å². The van der Waals surface area contributed by atoms with E-state index in [4.69, 9.17) is 14.6 Å². The third kappa shape index (κ3) is 5.03. The molecule has 0 bridgehead atoms. The van der Waals surface area contributed by atoms with Gasteiger partial charge in [-0.25, -0.2) is 9.43 Å². The fraction of sp³-hybridized carbons (Fsp3) is 0.464. The van der Waals surface area contributed by atoms with Gasteiger partial charge < -0.3 is 9.64 Å². The molecule has 204 valence electrons.